The number of nitrogens with one attached hydrogen (secondary N) is 2. The molecule has 2 aromatic rings. The number of nitrogens with zero attached hydrogens (tertiary/aromatic N) is 2. The first kappa shape index (κ1) is 11.8. The van der Waals surface area contributed by atoms with E-state index in [-0.39, 0.29) is 11.1 Å². The molecule has 0 aliphatic heterocycles. The van der Waals surface area contributed by atoms with Crippen LogP contribution in [0.5, 0.6) is 0 Å². The average molecular weight is 270 g/mol. The molecule has 1 amide bonds. The number of aromatic nitrogens is 2. The van der Waals surface area contributed by atoms with Crippen molar-refractivity contribution in [2.45, 2.75) is 0 Å². The second kappa shape index (κ2) is 5.09. The van der Waals surface area contributed by atoms with Crippen LogP contribution in [0.25, 0.3) is 0 Å². The minimum absolute atomic E-state index is 0.185. The van der Waals surface area contributed by atoms with E-state index >= 15 is 0 Å². The maximum Gasteiger partial charge on any atom is 0.257 e. The van der Waals surface area contributed by atoms with Gasteiger partial charge in [-0.15, -0.1) is 11.3 Å². The van der Waals surface area contributed by atoms with Crippen molar-refractivity contribution in [2.24, 2.45) is 5.84 Å². The predicted molar refractivity (Wildman–Crippen MR) is 67.1 cm³/mol. The van der Waals surface area contributed by atoms with Gasteiger partial charge in [-0.05, 0) is 12.1 Å². The van der Waals surface area contributed by atoms with Crippen molar-refractivity contribution in [1.82, 2.24) is 9.97 Å². The number of carbonyl (C=O) groups is 1. The van der Waals surface area contributed by atoms with Gasteiger partial charge in [-0.25, -0.2) is 15.8 Å². The standard InChI is InChI=1S/C9H8ClN5OS/c10-6-3-5(4-7(13-6)15-11)8(16)14-9-12-1-2-17-9/h1-4H,11H2,(H,13,15)(H,12,14,16). The Labute approximate surface area is 106 Å². The molecule has 0 atom stereocenters. The summed E-state index contributed by atoms with van der Waals surface area (Å²) in [6.45, 7) is 0. The summed E-state index contributed by atoms with van der Waals surface area (Å²) in [4.78, 5) is 19.6. The summed E-state index contributed by atoms with van der Waals surface area (Å²) in [5.41, 5.74) is 2.69. The van der Waals surface area contributed by atoms with Gasteiger partial charge >= 0.3 is 0 Å². The fraction of sp³-hybridized carbons (Fsp3) is 0. The van der Waals surface area contributed by atoms with Crippen molar-refractivity contribution in [3.05, 3.63) is 34.4 Å². The zero-order valence-electron chi connectivity index (χ0n) is 8.48. The summed E-state index contributed by atoms with van der Waals surface area (Å²) < 4.78 is 0. The van der Waals surface area contributed by atoms with E-state index in [0.29, 0.717) is 16.5 Å². The van der Waals surface area contributed by atoms with Gasteiger partial charge in [0.25, 0.3) is 5.91 Å². The molecule has 2 aromatic heterocycles. The number of hydrogen-bond acceptors (Lipinski definition) is 6. The topological polar surface area (TPSA) is 92.9 Å². The van der Waals surface area contributed by atoms with Crippen LogP contribution in [0.1, 0.15) is 10.4 Å². The van der Waals surface area contributed by atoms with E-state index in [9.17, 15) is 4.79 Å². The maximum atomic E-state index is 11.8. The first-order chi connectivity index (χ1) is 8.19. The SMILES string of the molecule is NNc1cc(C(=O)Nc2nccs2)cc(Cl)n1. The molecule has 0 unspecified atom stereocenters. The van der Waals surface area contributed by atoms with Crippen LogP contribution in [0, 0.1) is 0 Å². The number of rotatable bonds is 3. The smallest absolute Gasteiger partial charge is 0.257 e. The number of nitrogen functional groups attached to an aromatic ring is 1. The lowest BCUT2D eigenvalue weighted by molar-refractivity contribution is 0.102. The molecular weight excluding hydrogens is 262 g/mol. The highest BCUT2D eigenvalue weighted by atomic mass is 35.5. The molecule has 88 valence electrons. The van der Waals surface area contributed by atoms with Crippen LogP contribution in [0.3, 0.4) is 0 Å². The summed E-state index contributed by atoms with van der Waals surface area (Å²) in [5, 5.41) is 5.10. The molecule has 0 bridgehead atoms. The number of anilines is 2. The number of thiazole rings is 1. The molecular formula is C9H8ClN5OS. The summed E-state index contributed by atoms with van der Waals surface area (Å²) in [6, 6.07) is 2.94. The number of carbonyl (C=O) groups excluding carboxylic acids is 1. The minimum atomic E-state index is -0.319. The molecule has 4 N–H and O–H groups in total. The Bertz CT molecular complexity index is 530. The van der Waals surface area contributed by atoms with Crippen molar-refractivity contribution < 1.29 is 4.79 Å². The van der Waals surface area contributed by atoms with Crippen LogP contribution < -0.4 is 16.6 Å². The van der Waals surface area contributed by atoms with Crippen molar-refractivity contribution in [3.8, 4) is 0 Å². The van der Waals surface area contributed by atoms with Gasteiger partial charge in [-0.3, -0.25) is 10.1 Å². The first-order valence-corrected chi connectivity index (χ1v) is 5.80. The number of hydrogen-bond donors (Lipinski definition) is 3. The highest BCUT2D eigenvalue weighted by Crippen LogP contribution is 2.16. The lowest BCUT2D eigenvalue weighted by atomic mass is 10.2. The molecule has 0 radical (unpaired) electrons. The van der Waals surface area contributed by atoms with E-state index in [0.717, 1.165) is 0 Å². The zero-order chi connectivity index (χ0) is 12.3. The van der Waals surface area contributed by atoms with Gasteiger partial charge in [0, 0.05) is 17.1 Å². The lowest BCUT2D eigenvalue weighted by Crippen LogP contribution is -2.14. The number of amides is 1. The van der Waals surface area contributed by atoms with E-state index in [2.05, 4.69) is 20.7 Å². The molecule has 2 heterocycles. The highest BCUT2D eigenvalue weighted by molar-refractivity contribution is 7.13. The quantitative estimate of drug-likeness (QED) is 0.448. The molecule has 0 aromatic carbocycles. The van der Waals surface area contributed by atoms with E-state index in [1.54, 1.807) is 11.6 Å². The number of pyridine rings is 1. The molecule has 0 saturated heterocycles. The van der Waals surface area contributed by atoms with Gasteiger partial charge in [-0.1, -0.05) is 11.6 Å². The largest absolute Gasteiger partial charge is 0.308 e. The first-order valence-electron chi connectivity index (χ1n) is 4.54. The number of halogens is 1. The molecule has 0 saturated carbocycles. The van der Waals surface area contributed by atoms with E-state index in [4.69, 9.17) is 17.4 Å². The summed E-state index contributed by atoms with van der Waals surface area (Å²) >= 11 is 7.08. The van der Waals surface area contributed by atoms with Gasteiger partial charge in [0.05, 0.1) is 0 Å². The van der Waals surface area contributed by atoms with Crippen LogP contribution in [-0.2, 0) is 0 Å². The fourth-order valence-corrected chi connectivity index (χ4v) is 1.89. The lowest BCUT2D eigenvalue weighted by Gasteiger charge is -2.04. The third-order valence-electron chi connectivity index (χ3n) is 1.86. The zero-order valence-corrected chi connectivity index (χ0v) is 10.0. The van der Waals surface area contributed by atoms with Crippen molar-refractivity contribution >= 4 is 39.8 Å². The van der Waals surface area contributed by atoms with Crippen LogP contribution in [0.15, 0.2) is 23.7 Å². The molecule has 2 rings (SSSR count). The number of hydrazine groups is 1. The highest BCUT2D eigenvalue weighted by Gasteiger charge is 2.10. The predicted octanol–water partition coefficient (Wildman–Crippen LogP) is 1.73. The van der Waals surface area contributed by atoms with Gasteiger partial charge in [-0.2, -0.15) is 0 Å². The summed E-state index contributed by atoms with van der Waals surface area (Å²) in [5.74, 6) is 5.21. The average Bonchev–Trinajstić information content (AvgIpc) is 2.81. The number of nitrogens with two attached hydrogens (primary N) is 1. The summed E-state index contributed by atoms with van der Waals surface area (Å²) in [7, 11) is 0. The van der Waals surface area contributed by atoms with Crippen LogP contribution in [0.2, 0.25) is 5.15 Å². The Balaban J connectivity index is 2.21. The minimum Gasteiger partial charge on any atom is -0.308 e. The van der Waals surface area contributed by atoms with Gasteiger partial charge in [0.15, 0.2) is 5.13 Å². The third kappa shape index (κ3) is 2.90. The van der Waals surface area contributed by atoms with E-state index in [1.807, 2.05) is 0 Å². The third-order valence-corrected chi connectivity index (χ3v) is 2.74. The fourth-order valence-electron chi connectivity index (χ4n) is 1.16. The molecule has 6 nitrogen and oxygen atoms in total. The Morgan fingerprint density at radius 2 is 2.29 bits per heavy atom. The van der Waals surface area contributed by atoms with Crippen LogP contribution in [-0.4, -0.2) is 15.9 Å². The van der Waals surface area contributed by atoms with Crippen LogP contribution in [0.4, 0.5) is 10.9 Å². The Kier molecular flexibility index (Phi) is 3.52. The van der Waals surface area contributed by atoms with Crippen molar-refractivity contribution in [1.29, 1.82) is 0 Å². The van der Waals surface area contributed by atoms with Crippen LogP contribution >= 0.6 is 22.9 Å². The van der Waals surface area contributed by atoms with Crippen molar-refractivity contribution in [3.63, 3.8) is 0 Å². The molecule has 0 spiro atoms. The molecule has 0 aliphatic carbocycles. The molecule has 0 fully saturated rings. The van der Waals surface area contributed by atoms with Gasteiger partial charge in [0.1, 0.15) is 11.0 Å². The molecule has 17 heavy (non-hydrogen) atoms. The molecule has 0 aliphatic rings. The maximum absolute atomic E-state index is 11.8. The Morgan fingerprint density at radius 3 is 2.94 bits per heavy atom. The monoisotopic (exact) mass is 269 g/mol. The van der Waals surface area contributed by atoms with E-state index in [1.165, 1.54) is 23.5 Å². The molecule has 8 heteroatoms. The second-order valence-corrected chi connectivity index (χ2v) is 4.28. The Hall–Kier alpha value is -1.70. The Morgan fingerprint density at radius 1 is 1.47 bits per heavy atom. The van der Waals surface area contributed by atoms with Gasteiger partial charge < -0.3 is 5.43 Å². The van der Waals surface area contributed by atoms with Crippen molar-refractivity contribution in [2.75, 3.05) is 10.7 Å². The van der Waals surface area contributed by atoms with Gasteiger partial charge in [0.2, 0.25) is 0 Å². The second-order valence-electron chi connectivity index (χ2n) is 3.00. The van der Waals surface area contributed by atoms with E-state index < -0.39 is 0 Å². The summed E-state index contributed by atoms with van der Waals surface area (Å²) in [6.07, 6.45) is 1.60. The normalized spacial score (nSPS) is 10.0.